The number of amides is 2. The van der Waals surface area contributed by atoms with E-state index in [1.165, 1.54) is 22.2 Å². The van der Waals surface area contributed by atoms with Crippen LogP contribution in [0.25, 0.3) is 11.2 Å². The quantitative estimate of drug-likeness (QED) is 0.0791. The van der Waals surface area contributed by atoms with E-state index < -0.39 is 71.1 Å². The first kappa shape index (κ1) is 46.2. The van der Waals surface area contributed by atoms with Crippen LogP contribution in [0, 0.1) is 12.8 Å². The van der Waals surface area contributed by atoms with Gasteiger partial charge in [0.15, 0.2) is 29.3 Å². The lowest BCUT2D eigenvalue weighted by atomic mass is 9.91. The van der Waals surface area contributed by atoms with Crippen molar-refractivity contribution in [3.63, 3.8) is 0 Å². The highest BCUT2D eigenvalue weighted by Gasteiger charge is 2.51. The van der Waals surface area contributed by atoms with Gasteiger partial charge in [-0.25, -0.2) is 29.1 Å². The molecule has 0 radical (unpaired) electrons. The zero-order valence-electron chi connectivity index (χ0n) is 35.9. The molecule has 1 aliphatic heterocycles. The molecule has 0 aliphatic carbocycles. The Kier molecular flexibility index (Phi) is 13.8. The molecule has 0 spiro atoms. The first-order chi connectivity index (χ1) is 27.9. The predicted molar refractivity (Wildman–Crippen MR) is 221 cm³/mol. The van der Waals surface area contributed by atoms with Crippen molar-refractivity contribution in [1.82, 2.24) is 24.5 Å². The van der Waals surface area contributed by atoms with Gasteiger partial charge in [-0.1, -0.05) is 37.3 Å². The van der Waals surface area contributed by atoms with Gasteiger partial charge in [0.05, 0.1) is 36.3 Å². The lowest BCUT2D eigenvalue weighted by Gasteiger charge is -2.32. The van der Waals surface area contributed by atoms with E-state index in [0.717, 1.165) is 10.6 Å². The fourth-order valence-electron chi connectivity index (χ4n) is 6.25. The minimum absolute atomic E-state index is 0.00145. The van der Waals surface area contributed by atoms with Crippen molar-refractivity contribution in [1.29, 1.82) is 0 Å². The first-order valence-corrected chi connectivity index (χ1v) is 20.7. The number of fused-ring (bicyclic) bond motifs is 1. The Hall–Kier alpha value is -4.91. The standard InChI is InChI=1S/C41H53ClN6O11S/c1-13-53-33(49)41(27-21-60-24(3)44-27,19-25-17-15-14-16-18-25)54-20-26-23(2)29(56-37(52)59-40(10,11)12)32(55-26)47-22-43-28-30(47)45-34(42)46-31(28)48(35(50)57-38(4,5)6)36(51)58-39(7,8)9/h14-18,21-23,26,29,32H,13,19-20H2,1-12H3/t23-,26-,29-,32-,41?/m1/s1. The summed E-state index contributed by atoms with van der Waals surface area (Å²) in [5.41, 5.74) is -3.52. The van der Waals surface area contributed by atoms with E-state index in [-0.39, 0.29) is 41.9 Å². The van der Waals surface area contributed by atoms with Gasteiger partial charge in [-0.15, -0.1) is 11.3 Å². The van der Waals surface area contributed by atoms with Gasteiger partial charge >= 0.3 is 24.3 Å². The van der Waals surface area contributed by atoms with E-state index in [1.54, 1.807) is 81.5 Å². The number of thiazole rings is 1. The fourth-order valence-corrected chi connectivity index (χ4v) is 7.09. The van der Waals surface area contributed by atoms with Crippen LogP contribution < -0.4 is 4.90 Å². The number of imide groups is 1. The molecule has 1 fully saturated rings. The second-order valence-corrected chi connectivity index (χ2v) is 18.6. The summed E-state index contributed by atoms with van der Waals surface area (Å²) in [6, 6.07) is 9.35. The van der Waals surface area contributed by atoms with Crippen LogP contribution in [-0.4, -0.2) is 91.0 Å². The molecule has 17 nitrogen and oxygen atoms in total. The average Bonchev–Trinajstić information content (AvgIpc) is 3.82. The molecule has 0 bridgehead atoms. The molecule has 4 heterocycles. The molecule has 0 saturated carbocycles. The van der Waals surface area contributed by atoms with Crippen LogP contribution >= 0.6 is 22.9 Å². The van der Waals surface area contributed by atoms with Crippen molar-refractivity contribution in [2.24, 2.45) is 5.92 Å². The Morgan fingerprint density at radius 1 is 0.900 bits per heavy atom. The first-order valence-electron chi connectivity index (χ1n) is 19.4. The molecule has 0 N–H and O–H groups in total. The number of aromatic nitrogens is 5. The molecular formula is C41H53ClN6O11S. The summed E-state index contributed by atoms with van der Waals surface area (Å²) in [4.78, 5) is 73.1. The molecule has 3 aromatic heterocycles. The third-order valence-electron chi connectivity index (χ3n) is 8.76. The maximum Gasteiger partial charge on any atom is 0.509 e. The second kappa shape index (κ2) is 18.0. The van der Waals surface area contributed by atoms with Crippen LogP contribution in [0.5, 0.6) is 0 Å². The summed E-state index contributed by atoms with van der Waals surface area (Å²) in [6.45, 7) is 20.1. The number of ether oxygens (including phenoxy) is 7. The number of aryl methyl sites for hydroxylation is 1. The van der Waals surface area contributed by atoms with Crippen LogP contribution in [0.4, 0.5) is 20.2 Å². The van der Waals surface area contributed by atoms with Crippen LogP contribution in [0.3, 0.4) is 0 Å². The van der Waals surface area contributed by atoms with Gasteiger partial charge in [0.1, 0.15) is 16.8 Å². The maximum atomic E-state index is 14.1. The van der Waals surface area contributed by atoms with Gasteiger partial charge in [0.2, 0.25) is 10.9 Å². The number of hydrogen-bond acceptors (Lipinski definition) is 16. The molecule has 60 heavy (non-hydrogen) atoms. The van der Waals surface area contributed by atoms with Crippen LogP contribution in [-0.2, 0) is 50.0 Å². The minimum Gasteiger partial charge on any atom is -0.464 e. The third-order valence-corrected chi connectivity index (χ3v) is 9.71. The van der Waals surface area contributed by atoms with Crippen molar-refractivity contribution in [3.8, 4) is 0 Å². The topological polar surface area (TPSA) is 193 Å². The number of esters is 1. The summed E-state index contributed by atoms with van der Waals surface area (Å²) < 4.78 is 43.1. The Bertz CT molecular complexity index is 2150. The van der Waals surface area contributed by atoms with E-state index in [2.05, 4.69) is 19.9 Å². The highest BCUT2D eigenvalue weighted by atomic mass is 35.5. The number of hydrogen-bond donors (Lipinski definition) is 0. The number of halogens is 1. The fraction of sp³-hybridized carbons (Fsp3) is 0.561. The Balaban J connectivity index is 1.59. The van der Waals surface area contributed by atoms with Crippen LogP contribution in [0.1, 0.15) is 98.7 Å². The Labute approximate surface area is 358 Å². The van der Waals surface area contributed by atoms with Gasteiger partial charge in [-0.2, -0.15) is 14.9 Å². The van der Waals surface area contributed by atoms with Crippen molar-refractivity contribution in [2.45, 2.75) is 130 Å². The van der Waals surface area contributed by atoms with E-state index >= 15 is 0 Å². The maximum absolute atomic E-state index is 14.1. The van der Waals surface area contributed by atoms with Gasteiger partial charge in [-0.05, 0) is 93.3 Å². The molecule has 1 aromatic carbocycles. The van der Waals surface area contributed by atoms with E-state index in [0.29, 0.717) is 10.6 Å². The van der Waals surface area contributed by atoms with Crippen molar-refractivity contribution in [3.05, 3.63) is 63.6 Å². The Morgan fingerprint density at radius 2 is 1.52 bits per heavy atom. The van der Waals surface area contributed by atoms with Crippen molar-refractivity contribution in [2.75, 3.05) is 18.1 Å². The van der Waals surface area contributed by atoms with Gasteiger partial charge < -0.3 is 33.2 Å². The van der Waals surface area contributed by atoms with Crippen molar-refractivity contribution >= 4 is 64.2 Å². The predicted octanol–water partition coefficient (Wildman–Crippen LogP) is 8.49. The highest BCUT2D eigenvalue weighted by Crippen LogP contribution is 2.41. The monoisotopic (exact) mass is 872 g/mol. The van der Waals surface area contributed by atoms with Crippen LogP contribution in [0.2, 0.25) is 5.28 Å². The largest absolute Gasteiger partial charge is 0.509 e. The summed E-state index contributed by atoms with van der Waals surface area (Å²) in [6.07, 6.45) is -4.87. The molecule has 5 atom stereocenters. The summed E-state index contributed by atoms with van der Waals surface area (Å²) in [7, 11) is 0. The molecule has 1 aliphatic rings. The average molecular weight is 873 g/mol. The lowest BCUT2D eigenvalue weighted by Crippen LogP contribution is -2.45. The van der Waals surface area contributed by atoms with Crippen molar-refractivity contribution < 1.29 is 52.3 Å². The molecule has 4 aromatic rings. The zero-order chi connectivity index (χ0) is 44.4. The molecule has 1 saturated heterocycles. The summed E-state index contributed by atoms with van der Waals surface area (Å²) in [5.74, 6) is -1.59. The summed E-state index contributed by atoms with van der Waals surface area (Å²) in [5, 5.41) is 2.11. The smallest absolute Gasteiger partial charge is 0.464 e. The molecule has 5 rings (SSSR count). The number of carbonyl (C=O) groups is 4. The van der Waals surface area contributed by atoms with Gasteiger partial charge in [0.25, 0.3) is 0 Å². The number of rotatable bonds is 11. The SMILES string of the molecule is CCOC(=O)C(Cc1ccccc1)(OC[C@H]1O[C@@H](n2cnc3c(N(C(=O)OC(C)(C)C)C(=O)OC(C)(C)C)nc(Cl)nc32)[C@H](OC(=O)OC(C)(C)C)[C@@H]1C)c1csc(C)n1. The number of benzene rings is 1. The number of imidazole rings is 1. The number of nitrogens with zero attached hydrogens (tertiary/aromatic N) is 6. The van der Waals surface area contributed by atoms with Crippen LogP contribution in [0.15, 0.2) is 42.0 Å². The van der Waals surface area contributed by atoms with Gasteiger partial charge in [-0.3, -0.25) is 4.57 Å². The second-order valence-electron chi connectivity index (χ2n) is 17.2. The molecular weight excluding hydrogens is 820 g/mol. The highest BCUT2D eigenvalue weighted by molar-refractivity contribution is 7.09. The molecule has 1 unspecified atom stereocenters. The zero-order valence-corrected chi connectivity index (χ0v) is 37.5. The Morgan fingerprint density at radius 3 is 2.07 bits per heavy atom. The minimum atomic E-state index is -1.69. The third kappa shape index (κ3) is 11.1. The molecule has 2 amide bonds. The van der Waals surface area contributed by atoms with E-state index in [1.807, 2.05) is 37.3 Å². The lowest BCUT2D eigenvalue weighted by molar-refractivity contribution is -0.181. The number of anilines is 1. The summed E-state index contributed by atoms with van der Waals surface area (Å²) >= 11 is 7.87. The van der Waals surface area contributed by atoms with Gasteiger partial charge in [0, 0.05) is 17.7 Å². The van der Waals surface area contributed by atoms with E-state index in [4.69, 9.17) is 44.8 Å². The normalized spacial score (nSPS) is 19.4. The molecule has 19 heteroatoms. The van der Waals surface area contributed by atoms with E-state index in [9.17, 15) is 19.2 Å². The number of carbonyl (C=O) groups excluding carboxylic acids is 4. The molecule has 326 valence electrons.